The van der Waals surface area contributed by atoms with Gasteiger partial charge in [-0.2, -0.15) is 0 Å². The van der Waals surface area contributed by atoms with E-state index in [1.165, 1.54) is 0 Å². The third-order valence-electron chi connectivity index (χ3n) is 1.57. The number of aliphatic hydroxyl groups is 5. The van der Waals surface area contributed by atoms with E-state index in [9.17, 15) is 0 Å². The normalized spacial score (nSPS) is 13.3. The molecule has 14 heavy (non-hydrogen) atoms. The summed E-state index contributed by atoms with van der Waals surface area (Å²) in [5.74, 6) is -4.89. The highest BCUT2D eigenvalue weighted by atomic mass is 16.8. The smallest absolute Gasteiger partial charge is 0.277 e. The van der Waals surface area contributed by atoms with Crippen molar-refractivity contribution in [2.75, 3.05) is 6.61 Å². The predicted molar refractivity (Wildman–Crippen MR) is 46.7 cm³/mol. The maximum Gasteiger partial charge on any atom is 0.277 e. The van der Waals surface area contributed by atoms with Gasteiger partial charge >= 0.3 is 0 Å². The van der Waals surface area contributed by atoms with E-state index >= 15 is 0 Å². The Kier molecular flexibility index (Phi) is 5.50. The molecular formula is C8H18O6. The van der Waals surface area contributed by atoms with Crippen molar-refractivity contribution >= 4 is 0 Å². The van der Waals surface area contributed by atoms with Crippen LogP contribution in [-0.4, -0.2) is 44.1 Å². The number of hydrogen-bond acceptors (Lipinski definition) is 6. The van der Waals surface area contributed by atoms with Crippen molar-refractivity contribution < 1.29 is 30.3 Å². The van der Waals surface area contributed by atoms with Crippen molar-refractivity contribution in [1.82, 2.24) is 0 Å². The lowest BCUT2D eigenvalue weighted by molar-refractivity contribution is -0.347. The number of ether oxygens (including phenoxy) is 1. The molecule has 0 spiro atoms. The van der Waals surface area contributed by atoms with Gasteiger partial charge in [0.2, 0.25) is 0 Å². The summed E-state index contributed by atoms with van der Waals surface area (Å²) in [5.41, 5.74) is 0. The van der Waals surface area contributed by atoms with Crippen LogP contribution in [0.3, 0.4) is 0 Å². The van der Waals surface area contributed by atoms with E-state index in [1.54, 1.807) is 6.92 Å². The van der Waals surface area contributed by atoms with Gasteiger partial charge in [0.25, 0.3) is 11.9 Å². The van der Waals surface area contributed by atoms with E-state index in [0.29, 0.717) is 6.42 Å². The van der Waals surface area contributed by atoms with E-state index in [4.69, 9.17) is 25.5 Å². The fourth-order valence-electron chi connectivity index (χ4n) is 0.943. The van der Waals surface area contributed by atoms with Crippen LogP contribution in [-0.2, 0) is 4.74 Å². The molecule has 6 nitrogen and oxygen atoms in total. The average Bonchev–Trinajstić information content (AvgIpc) is 1.96. The third kappa shape index (κ3) is 8.36. The van der Waals surface area contributed by atoms with Crippen molar-refractivity contribution in [3.63, 3.8) is 0 Å². The highest BCUT2D eigenvalue weighted by Crippen LogP contribution is 2.12. The van der Waals surface area contributed by atoms with Crippen LogP contribution in [0, 0.1) is 0 Å². The molecule has 0 amide bonds. The minimum absolute atomic E-state index is 0.0730. The summed E-state index contributed by atoms with van der Waals surface area (Å²) in [7, 11) is 0. The lowest BCUT2D eigenvalue weighted by Gasteiger charge is -2.21. The Morgan fingerprint density at radius 2 is 1.57 bits per heavy atom. The SMILES string of the molecule is CCCC(O)(O)OCCCC(O)(O)O. The fourth-order valence-corrected chi connectivity index (χ4v) is 0.943. The molecule has 0 aromatic carbocycles. The van der Waals surface area contributed by atoms with Crippen molar-refractivity contribution in [2.24, 2.45) is 0 Å². The van der Waals surface area contributed by atoms with Crippen LogP contribution in [0.25, 0.3) is 0 Å². The van der Waals surface area contributed by atoms with E-state index < -0.39 is 11.9 Å². The molecule has 0 fully saturated rings. The van der Waals surface area contributed by atoms with Gasteiger partial charge in [0.1, 0.15) is 0 Å². The first-order valence-electron chi connectivity index (χ1n) is 4.53. The van der Waals surface area contributed by atoms with E-state index in [1.807, 2.05) is 0 Å². The molecular weight excluding hydrogens is 192 g/mol. The molecule has 0 saturated carbocycles. The summed E-state index contributed by atoms with van der Waals surface area (Å²) in [5, 5.41) is 43.6. The first kappa shape index (κ1) is 13.8. The number of hydrogen-bond donors (Lipinski definition) is 5. The Morgan fingerprint density at radius 3 is 2.00 bits per heavy atom. The lowest BCUT2D eigenvalue weighted by atomic mass is 10.2. The predicted octanol–water partition coefficient (Wildman–Crippen LogP) is -1.15. The third-order valence-corrected chi connectivity index (χ3v) is 1.57. The average molecular weight is 210 g/mol. The molecule has 0 rings (SSSR count). The van der Waals surface area contributed by atoms with Crippen molar-refractivity contribution in [3.05, 3.63) is 0 Å². The fraction of sp³-hybridized carbons (Fsp3) is 1.00. The zero-order valence-corrected chi connectivity index (χ0v) is 8.18. The van der Waals surface area contributed by atoms with Crippen LogP contribution >= 0.6 is 0 Å². The van der Waals surface area contributed by atoms with Crippen LogP contribution in [0.15, 0.2) is 0 Å². The van der Waals surface area contributed by atoms with Gasteiger partial charge in [0.05, 0.1) is 6.61 Å². The molecule has 0 aliphatic carbocycles. The van der Waals surface area contributed by atoms with Gasteiger partial charge < -0.3 is 30.3 Å². The first-order chi connectivity index (χ1) is 6.27. The zero-order valence-electron chi connectivity index (χ0n) is 8.18. The second-order valence-electron chi connectivity index (χ2n) is 3.22. The first-order valence-corrected chi connectivity index (χ1v) is 4.53. The van der Waals surface area contributed by atoms with Gasteiger partial charge in [-0.05, 0) is 12.8 Å². The largest absolute Gasteiger partial charge is 0.344 e. The quantitative estimate of drug-likeness (QED) is 0.268. The summed E-state index contributed by atoms with van der Waals surface area (Å²) < 4.78 is 4.64. The molecule has 0 atom stereocenters. The Balaban J connectivity index is 3.54. The molecule has 0 saturated heterocycles. The van der Waals surface area contributed by atoms with Crippen molar-refractivity contribution in [1.29, 1.82) is 0 Å². The highest BCUT2D eigenvalue weighted by molar-refractivity contribution is 4.52. The molecule has 0 unspecified atom stereocenters. The molecule has 0 aromatic rings. The van der Waals surface area contributed by atoms with Crippen LogP contribution in [0.5, 0.6) is 0 Å². The summed E-state index contributed by atoms with van der Waals surface area (Å²) in [6, 6.07) is 0. The van der Waals surface area contributed by atoms with E-state index in [2.05, 4.69) is 4.74 Å². The Bertz CT molecular complexity index is 150. The van der Waals surface area contributed by atoms with Gasteiger partial charge in [-0.3, -0.25) is 0 Å². The van der Waals surface area contributed by atoms with Crippen LogP contribution in [0.2, 0.25) is 0 Å². The molecule has 0 aliphatic heterocycles. The minimum atomic E-state index is -2.72. The molecule has 0 radical (unpaired) electrons. The summed E-state index contributed by atoms with van der Waals surface area (Å²) in [6.45, 7) is 1.70. The van der Waals surface area contributed by atoms with Gasteiger partial charge in [-0.25, -0.2) is 0 Å². The Hall–Kier alpha value is -0.240. The van der Waals surface area contributed by atoms with Crippen molar-refractivity contribution in [2.45, 2.75) is 44.6 Å². The molecule has 0 aromatic heterocycles. The molecule has 0 bridgehead atoms. The second kappa shape index (κ2) is 5.59. The van der Waals surface area contributed by atoms with E-state index in [-0.39, 0.29) is 25.9 Å². The Morgan fingerprint density at radius 1 is 1.00 bits per heavy atom. The standard InChI is InChI=1S/C8H18O6/c1-2-4-8(12,13)14-6-3-5-7(9,10)11/h9-13H,2-6H2,1H3. The van der Waals surface area contributed by atoms with Gasteiger partial charge in [0.15, 0.2) is 0 Å². The highest BCUT2D eigenvalue weighted by Gasteiger charge is 2.23. The molecule has 6 heteroatoms. The zero-order chi connectivity index (χ0) is 11.2. The Labute approximate surface area is 82.4 Å². The minimum Gasteiger partial charge on any atom is -0.344 e. The van der Waals surface area contributed by atoms with Crippen LogP contribution in [0.4, 0.5) is 0 Å². The maximum atomic E-state index is 9.09. The van der Waals surface area contributed by atoms with Gasteiger partial charge in [0, 0.05) is 12.8 Å². The van der Waals surface area contributed by atoms with Gasteiger partial charge in [-0.1, -0.05) is 6.92 Å². The molecule has 0 aliphatic rings. The summed E-state index contributed by atoms with van der Waals surface area (Å²) in [6.07, 6.45) is 0.428. The van der Waals surface area contributed by atoms with Crippen LogP contribution < -0.4 is 0 Å². The van der Waals surface area contributed by atoms with Crippen molar-refractivity contribution in [3.8, 4) is 0 Å². The second-order valence-corrected chi connectivity index (χ2v) is 3.22. The summed E-state index contributed by atoms with van der Waals surface area (Å²) in [4.78, 5) is 0. The monoisotopic (exact) mass is 210 g/mol. The maximum absolute atomic E-state index is 9.09. The topological polar surface area (TPSA) is 110 Å². The van der Waals surface area contributed by atoms with E-state index in [0.717, 1.165) is 0 Å². The summed E-state index contributed by atoms with van der Waals surface area (Å²) >= 11 is 0. The molecule has 86 valence electrons. The van der Waals surface area contributed by atoms with Gasteiger partial charge in [-0.15, -0.1) is 0 Å². The van der Waals surface area contributed by atoms with Crippen LogP contribution in [0.1, 0.15) is 32.6 Å². The number of rotatable bonds is 7. The molecule has 5 N–H and O–H groups in total. The molecule has 0 heterocycles. The lowest BCUT2D eigenvalue weighted by Crippen LogP contribution is -2.33.